The number of nitrogens with zero attached hydrogens (tertiary/aromatic N) is 4. The molecule has 3 aromatic rings. The van der Waals surface area contributed by atoms with Crippen molar-refractivity contribution in [1.82, 2.24) is 19.6 Å². The van der Waals surface area contributed by atoms with E-state index in [1.165, 1.54) is 6.92 Å². The van der Waals surface area contributed by atoms with Crippen molar-refractivity contribution in [2.75, 3.05) is 24.2 Å². The molecule has 0 aliphatic rings. The molecule has 17 heteroatoms. The normalized spacial score (nSPS) is 13.3. The SMILES string of the molecule is CCS(=O)(=O)c1nn2c(NCC(F)(F)F)ccnc2c1-c1ccc(OCC(F)(F)C(F)(F)F)cn1. The van der Waals surface area contributed by atoms with Crippen molar-refractivity contribution in [1.29, 1.82) is 0 Å². The Morgan fingerprint density at radius 1 is 1.03 bits per heavy atom. The lowest BCUT2D eigenvalue weighted by molar-refractivity contribution is -0.290. The zero-order valence-electron chi connectivity index (χ0n) is 17.5. The highest BCUT2D eigenvalue weighted by atomic mass is 32.2. The van der Waals surface area contributed by atoms with Crippen LogP contribution >= 0.6 is 0 Å². The monoisotopic (exact) mass is 533 g/mol. The lowest BCUT2D eigenvalue weighted by Crippen LogP contribution is -2.41. The molecule has 0 aliphatic heterocycles. The fourth-order valence-electron chi connectivity index (χ4n) is 2.70. The molecule has 0 spiro atoms. The Bertz CT molecular complexity index is 1300. The molecule has 3 heterocycles. The Labute approximate surface area is 191 Å². The standard InChI is InChI=1S/C18H15F8N5O3S/c1-2-35(32,33)15-13(14-27-6-5-12(31(14)30-15)29-8-17(21,22)23)11-4-3-10(7-28-11)34-9-16(19,20)18(24,25)26/h3-7,29H,2,8-9H2,1H3. The minimum Gasteiger partial charge on any atom is -0.485 e. The molecule has 3 aromatic heterocycles. The topological polar surface area (TPSA) is 98.5 Å². The molecule has 1 N–H and O–H groups in total. The molecular formula is C18H15F8N5O3S. The minimum absolute atomic E-state index is 0.151. The summed E-state index contributed by atoms with van der Waals surface area (Å²) in [6, 6.07) is 3.15. The van der Waals surface area contributed by atoms with E-state index in [4.69, 9.17) is 0 Å². The minimum atomic E-state index is -5.83. The van der Waals surface area contributed by atoms with Crippen LogP contribution in [-0.4, -0.2) is 65.2 Å². The summed E-state index contributed by atoms with van der Waals surface area (Å²) in [6.07, 6.45) is -8.55. The lowest BCUT2D eigenvalue weighted by atomic mass is 10.2. The maximum atomic E-state index is 13.1. The lowest BCUT2D eigenvalue weighted by Gasteiger charge is -2.19. The quantitative estimate of drug-likeness (QED) is 0.435. The van der Waals surface area contributed by atoms with Gasteiger partial charge in [0.15, 0.2) is 27.1 Å². The fourth-order valence-corrected chi connectivity index (χ4v) is 3.68. The zero-order valence-corrected chi connectivity index (χ0v) is 18.3. The van der Waals surface area contributed by atoms with Crippen molar-refractivity contribution in [3.63, 3.8) is 0 Å². The number of hydrogen-bond acceptors (Lipinski definition) is 7. The summed E-state index contributed by atoms with van der Waals surface area (Å²) in [5.41, 5.74) is -0.564. The van der Waals surface area contributed by atoms with Gasteiger partial charge in [0.1, 0.15) is 18.1 Å². The smallest absolute Gasteiger partial charge is 0.456 e. The van der Waals surface area contributed by atoms with Crippen LogP contribution in [0.3, 0.4) is 0 Å². The van der Waals surface area contributed by atoms with Gasteiger partial charge in [-0.1, -0.05) is 6.92 Å². The number of alkyl halides is 8. The largest absolute Gasteiger partial charge is 0.485 e. The van der Waals surface area contributed by atoms with Gasteiger partial charge in [-0.25, -0.2) is 13.4 Å². The molecule has 0 saturated heterocycles. The molecule has 0 radical (unpaired) electrons. The van der Waals surface area contributed by atoms with Crippen LogP contribution in [0.4, 0.5) is 40.9 Å². The number of anilines is 1. The average molecular weight is 533 g/mol. The van der Waals surface area contributed by atoms with E-state index in [0.29, 0.717) is 0 Å². The van der Waals surface area contributed by atoms with E-state index in [9.17, 15) is 43.5 Å². The number of rotatable bonds is 8. The molecule has 3 rings (SSSR count). The van der Waals surface area contributed by atoms with Gasteiger partial charge in [0.05, 0.1) is 23.2 Å². The molecule has 0 unspecified atom stereocenters. The van der Waals surface area contributed by atoms with Crippen LogP contribution in [0, 0.1) is 0 Å². The van der Waals surface area contributed by atoms with Gasteiger partial charge < -0.3 is 10.1 Å². The summed E-state index contributed by atoms with van der Waals surface area (Å²) in [7, 11) is -4.07. The first-order valence-corrected chi connectivity index (χ1v) is 11.2. The van der Waals surface area contributed by atoms with E-state index in [2.05, 4.69) is 25.1 Å². The second-order valence-electron chi connectivity index (χ2n) is 6.99. The first kappa shape index (κ1) is 26.4. The van der Waals surface area contributed by atoms with Gasteiger partial charge in [0, 0.05) is 6.20 Å². The van der Waals surface area contributed by atoms with E-state index in [-0.39, 0.29) is 22.7 Å². The number of sulfone groups is 1. The van der Waals surface area contributed by atoms with E-state index < -0.39 is 57.8 Å². The molecule has 0 atom stereocenters. The molecule has 0 aliphatic carbocycles. The average Bonchev–Trinajstić information content (AvgIpc) is 3.16. The van der Waals surface area contributed by atoms with Crippen LogP contribution in [0.15, 0.2) is 35.6 Å². The van der Waals surface area contributed by atoms with Crippen molar-refractivity contribution in [2.24, 2.45) is 0 Å². The molecule has 0 bridgehead atoms. The van der Waals surface area contributed by atoms with Crippen LogP contribution in [0.25, 0.3) is 16.9 Å². The summed E-state index contributed by atoms with van der Waals surface area (Å²) >= 11 is 0. The third-order valence-electron chi connectivity index (χ3n) is 4.46. The van der Waals surface area contributed by atoms with E-state index in [0.717, 1.165) is 35.1 Å². The van der Waals surface area contributed by atoms with Gasteiger partial charge in [-0.05, 0) is 18.2 Å². The highest BCUT2D eigenvalue weighted by Gasteiger charge is 2.58. The van der Waals surface area contributed by atoms with Gasteiger partial charge in [0.25, 0.3) is 0 Å². The molecule has 0 saturated carbocycles. The van der Waals surface area contributed by atoms with Gasteiger partial charge in [-0.3, -0.25) is 4.98 Å². The van der Waals surface area contributed by atoms with E-state index in [1.54, 1.807) is 0 Å². The number of pyridine rings is 1. The summed E-state index contributed by atoms with van der Waals surface area (Å²) in [5, 5.41) is 5.40. The Kier molecular flexibility index (Phi) is 6.84. The van der Waals surface area contributed by atoms with E-state index in [1.807, 2.05) is 0 Å². The summed E-state index contributed by atoms with van der Waals surface area (Å²) in [5.74, 6) is -6.28. The van der Waals surface area contributed by atoms with Crippen LogP contribution in [0.5, 0.6) is 5.75 Å². The first-order chi connectivity index (χ1) is 16.1. The maximum Gasteiger partial charge on any atom is 0.456 e. The second-order valence-corrected chi connectivity index (χ2v) is 9.18. The molecule has 0 aromatic carbocycles. The van der Waals surface area contributed by atoms with Crippen molar-refractivity contribution in [3.05, 3.63) is 30.6 Å². The van der Waals surface area contributed by atoms with Gasteiger partial charge in [-0.15, -0.1) is 0 Å². The molecule has 35 heavy (non-hydrogen) atoms. The first-order valence-electron chi connectivity index (χ1n) is 9.50. The Hall–Kier alpha value is -3.24. The van der Waals surface area contributed by atoms with Gasteiger partial charge in [0.2, 0.25) is 0 Å². The molecule has 0 fully saturated rings. The number of halogens is 8. The highest BCUT2D eigenvalue weighted by Crippen LogP contribution is 2.36. The third-order valence-corrected chi connectivity index (χ3v) is 6.09. The van der Waals surface area contributed by atoms with Crippen molar-refractivity contribution in [3.8, 4) is 17.0 Å². The Morgan fingerprint density at radius 2 is 1.71 bits per heavy atom. The summed E-state index contributed by atoms with van der Waals surface area (Å²) in [4.78, 5) is 7.82. The van der Waals surface area contributed by atoms with Crippen LogP contribution < -0.4 is 10.1 Å². The van der Waals surface area contributed by atoms with Gasteiger partial charge in [-0.2, -0.15) is 44.7 Å². The van der Waals surface area contributed by atoms with Crippen molar-refractivity contribution in [2.45, 2.75) is 30.2 Å². The number of ether oxygens (including phenoxy) is 1. The predicted molar refractivity (Wildman–Crippen MR) is 105 cm³/mol. The molecule has 192 valence electrons. The summed E-state index contributed by atoms with van der Waals surface area (Å²) in [6.45, 7) is -2.17. The number of fused-ring (bicyclic) bond motifs is 1. The second kappa shape index (κ2) is 9.09. The van der Waals surface area contributed by atoms with E-state index >= 15 is 0 Å². The molecular weight excluding hydrogens is 518 g/mol. The van der Waals surface area contributed by atoms with Crippen LogP contribution in [-0.2, 0) is 9.84 Å². The van der Waals surface area contributed by atoms with Crippen molar-refractivity contribution >= 4 is 21.3 Å². The number of hydrogen-bond donors (Lipinski definition) is 1. The van der Waals surface area contributed by atoms with Gasteiger partial charge >= 0.3 is 18.3 Å². The fraction of sp³-hybridized carbons (Fsp3) is 0.389. The van der Waals surface area contributed by atoms with Crippen molar-refractivity contribution < 1.29 is 48.3 Å². The highest BCUT2D eigenvalue weighted by molar-refractivity contribution is 7.91. The number of aromatic nitrogens is 4. The maximum absolute atomic E-state index is 13.1. The molecule has 8 nitrogen and oxygen atoms in total. The third kappa shape index (κ3) is 5.71. The Balaban J connectivity index is 2.03. The number of nitrogens with one attached hydrogen (secondary N) is 1. The predicted octanol–water partition coefficient (Wildman–Crippen LogP) is 4.14. The summed E-state index contributed by atoms with van der Waals surface area (Å²) < 4.78 is 131. The van der Waals surface area contributed by atoms with Crippen LogP contribution in [0.1, 0.15) is 6.92 Å². The Morgan fingerprint density at radius 3 is 2.26 bits per heavy atom. The zero-order chi connectivity index (χ0) is 26.2. The molecule has 0 amide bonds. The van der Waals surface area contributed by atoms with Crippen LogP contribution in [0.2, 0.25) is 0 Å².